The van der Waals surface area contributed by atoms with Crippen LogP contribution in [0.25, 0.3) is 0 Å². The maximum Gasteiger partial charge on any atom is 0.367 e. The molecule has 1 atom stereocenters. The van der Waals surface area contributed by atoms with Gasteiger partial charge in [-0.2, -0.15) is 4.99 Å². The van der Waals surface area contributed by atoms with E-state index in [-0.39, 0.29) is 17.6 Å². The Morgan fingerprint density at radius 2 is 2.12 bits per heavy atom. The summed E-state index contributed by atoms with van der Waals surface area (Å²) in [5.74, 6) is 0.258. The van der Waals surface area contributed by atoms with Gasteiger partial charge in [0.05, 0.1) is 10.8 Å². The number of hydrogen-bond donors (Lipinski definition) is 1. The first-order valence-electron chi connectivity index (χ1n) is 7.96. The molecule has 24 heavy (non-hydrogen) atoms. The van der Waals surface area contributed by atoms with Crippen molar-refractivity contribution < 1.29 is 9.59 Å². The summed E-state index contributed by atoms with van der Waals surface area (Å²) in [5, 5.41) is 4.22. The number of aliphatic imine (C=N–C) groups is 2. The molecule has 0 bridgehead atoms. The maximum absolute atomic E-state index is 12.1. The fourth-order valence-corrected chi connectivity index (χ4v) is 4.06. The summed E-state index contributed by atoms with van der Waals surface area (Å²) in [6, 6.07) is 6.97. The summed E-state index contributed by atoms with van der Waals surface area (Å²) in [6.45, 7) is 0.389. The number of nitrogens with zero attached hydrogens (tertiary/aromatic N) is 2. The first-order valence-corrected chi connectivity index (χ1v) is 9.33. The van der Waals surface area contributed by atoms with Gasteiger partial charge in [-0.3, -0.25) is 4.79 Å². The highest BCUT2D eigenvalue weighted by atomic mass is 35.5. The Morgan fingerprint density at radius 3 is 2.96 bits per heavy atom. The molecule has 1 aromatic rings. The van der Waals surface area contributed by atoms with Crippen molar-refractivity contribution >= 4 is 46.1 Å². The Hall–Kier alpha value is -1.66. The second-order valence-corrected chi connectivity index (χ2v) is 7.19. The summed E-state index contributed by atoms with van der Waals surface area (Å²) in [7, 11) is 0. The number of fused-ring (bicyclic) bond motifs is 1. The Kier molecular flexibility index (Phi) is 5.68. The number of nitrogens with one attached hydrogen (secondary N) is 1. The van der Waals surface area contributed by atoms with Crippen molar-refractivity contribution in [2.45, 2.75) is 32.2 Å². The average Bonchev–Trinajstić information content (AvgIpc) is 2.58. The Balaban J connectivity index is 1.52. The molecule has 2 aliphatic rings. The molecule has 0 spiro atoms. The molecule has 0 aromatic heterocycles. The number of carbonyl (C=O) groups is 2. The van der Waals surface area contributed by atoms with Gasteiger partial charge in [-0.15, -0.1) is 11.8 Å². The van der Waals surface area contributed by atoms with Crippen molar-refractivity contribution in [3.8, 4) is 0 Å². The molecule has 7 heteroatoms. The molecule has 1 saturated carbocycles. The third kappa shape index (κ3) is 4.24. The lowest BCUT2D eigenvalue weighted by Gasteiger charge is -2.26. The zero-order valence-corrected chi connectivity index (χ0v) is 14.7. The van der Waals surface area contributed by atoms with Crippen LogP contribution in [-0.4, -0.2) is 28.4 Å². The van der Waals surface area contributed by atoms with Crippen molar-refractivity contribution in [3.05, 3.63) is 34.9 Å². The van der Waals surface area contributed by atoms with Crippen LogP contribution < -0.4 is 5.32 Å². The molecule has 1 unspecified atom stereocenters. The highest BCUT2D eigenvalue weighted by Gasteiger charge is 2.30. The van der Waals surface area contributed by atoms with Gasteiger partial charge in [-0.05, 0) is 30.9 Å². The third-order valence-electron chi connectivity index (χ3n) is 4.11. The minimum atomic E-state index is -0.442. The van der Waals surface area contributed by atoms with Crippen LogP contribution in [0, 0.1) is 5.92 Å². The zero-order chi connectivity index (χ0) is 16.9. The summed E-state index contributed by atoms with van der Waals surface area (Å²) >= 11 is 7.41. The van der Waals surface area contributed by atoms with Gasteiger partial charge >= 0.3 is 6.03 Å². The lowest BCUT2D eigenvalue weighted by molar-refractivity contribution is -0.118. The molecule has 126 valence electrons. The van der Waals surface area contributed by atoms with Crippen LogP contribution >= 0.6 is 23.4 Å². The number of rotatable bonds is 4. The number of amides is 3. The van der Waals surface area contributed by atoms with Crippen molar-refractivity contribution in [2.75, 3.05) is 5.75 Å². The molecular weight excluding hydrogens is 346 g/mol. The molecule has 1 aromatic carbocycles. The van der Waals surface area contributed by atoms with Gasteiger partial charge in [0.1, 0.15) is 0 Å². The number of hydrogen-bond acceptors (Lipinski definition) is 3. The van der Waals surface area contributed by atoms with E-state index in [4.69, 9.17) is 11.6 Å². The topological polar surface area (TPSA) is 70.9 Å². The molecule has 0 saturated heterocycles. The van der Waals surface area contributed by atoms with E-state index >= 15 is 0 Å². The minimum Gasteiger partial charge on any atom is -0.351 e. The number of urea groups is 1. The van der Waals surface area contributed by atoms with Crippen LogP contribution in [0.4, 0.5) is 4.79 Å². The maximum atomic E-state index is 12.1. The minimum absolute atomic E-state index is 0.102. The van der Waals surface area contributed by atoms with Crippen LogP contribution in [0.3, 0.4) is 0 Å². The number of benzene rings is 1. The van der Waals surface area contributed by atoms with E-state index in [0.717, 1.165) is 42.0 Å². The van der Waals surface area contributed by atoms with E-state index in [1.165, 1.54) is 11.8 Å². The lowest BCUT2D eigenvalue weighted by Crippen LogP contribution is -2.32. The van der Waals surface area contributed by atoms with E-state index < -0.39 is 6.03 Å². The lowest BCUT2D eigenvalue weighted by atomic mass is 9.87. The number of thioether (sulfide) groups is 1. The molecule has 5 nitrogen and oxygen atoms in total. The highest BCUT2D eigenvalue weighted by molar-refractivity contribution is 8.14. The Labute approximate surface area is 150 Å². The van der Waals surface area contributed by atoms with Gasteiger partial charge in [-0.1, -0.05) is 36.2 Å². The molecule has 3 amide bonds. The summed E-state index contributed by atoms with van der Waals surface area (Å²) in [5.41, 5.74) is 1.81. The molecule has 3 rings (SSSR count). The van der Waals surface area contributed by atoms with E-state index in [9.17, 15) is 9.59 Å². The third-order valence-corrected chi connectivity index (χ3v) is 5.55. The second kappa shape index (κ2) is 7.94. The smallest absolute Gasteiger partial charge is 0.351 e. The van der Waals surface area contributed by atoms with Crippen LogP contribution in [0.15, 0.2) is 34.3 Å². The van der Waals surface area contributed by atoms with Gasteiger partial charge in [0.15, 0.2) is 0 Å². The SMILES string of the molecule is O=C1N=C2CCCCC2C(SCC(=O)NCc2ccccc2Cl)=N1. The van der Waals surface area contributed by atoms with E-state index in [1.807, 2.05) is 18.2 Å². The Morgan fingerprint density at radius 1 is 1.29 bits per heavy atom. The largest absolute Gasteiger partial charge is 0.367 e. The van der Waals surface area contributed by atoms with Crippen molar-refractivity contribution in [1.29, 1.82) is 0 Å². The molecular formula is C17H18ClN3O2S. The standard InChI is InChI=1S/C17H18ClN3O2S/c18-13-7-3-1-5-11(13)9-19-15(22)10-24-16-12-6-2-4-8-14(12)20-17(23)21-16/h1,3,5,7,12H,2,4,6,8-10H2,(H,19,22). The zero-order valence-electron chi connectivity index (χ0n) is 13.1. The van der Waals surface area contributed by atoms with Crippen LogP contribution in [0.5, 0.6) is 0 Å². The first kappa shape index (κ1) is 17.2. The second-order valence-electron chi connectivity index (χ2n) is 5.79. The van der Waals surface area contributed by atoms with Crippen LogP contribution in [0.2, 0.25) is 5.02 Å². The average molecular weight is 364 g/mol. The quantitative estimate of drug-likeness (QED) is 0.883. The van der Waals surface area contributed by atoms with Crippen LogP contribution in [-0.2, 0) is 11.3 Å². The molecule has 0 radical (unpaired) electrons. The molecule has 1 fully saturated rings. The molecule has 1 aliphatic heterocycles. The molecule has 1 heterocycles. The summed E-state index contributed by atoms with van der Waals surface area (Å²) < 4.78 is 0. The summed E-state index contributed by atoms with van der Waals surface area (Å²) in [6.07, 6.45) is 3.99. The molecule has 1 aliphatic carbocycles. The monoisotopic (exact) mass is 363 g/mol. The van der Waals surface area contributed by atoms with E-state index in [2.05, 4.69) is 15.3 Å². The number of carbonyl (C=O) groups excluding carboxylic acids is 2. The number of halogens is 1. The predicted octanol–water partition coefficient (Wildman–Crippen LogP) is 3.85. The van der Waals surface area contributed by atoms with Gasteiger partial charge in [0.2, 0.25) is 5.91 Å². The van der Waals surface area contributed by atoms with Crippen molar-refractivity contribution in [2.24, 2.45) is 15.9 Å². The highest BCUT2D eigenvalue weighted by Crippen LogP contribution is 2.30. The fraction of sp³-hybridized carbons (Fsp3) is 0.412. The first-order chi connectivity index (χ1) is 11.6. The van der Waals surface area contributed by atoms with Gasteiger partial charge in [0.25, 0.3) is 0 Å². The van der Waals surface area contributed by atoms with E-state index in [0.29, 0.717) is 11.6 Å². The Bertz CT molecular complexity index is 718. The van der Waals surface area contributed by atoms with Gasteiger partial charge in [-0.25, -0.2) is 9.79 Å². The molecule has 1 N–H and O–H groups in total. The van der Waals surface area contributed by atoms with Gasteiger partial charge < -0.3 is 5.32 Å². The predicted molar refractivity (Wildman–Crippen MR) is 98.0 cm³/mol. The summed E-state index contributed by atoms with van der Waals surface area (Å²) in [4.78, 5) is 31.7. The van der Waals surface area contributed by atoms with E-state index in [1.54, 1.807) is 6.07 Å². The van der Waals surface area contributed by atoms with Crippen LogP contribution in [0.1, 0.15) is 31.2 Å². The van der Waals surface area contributed by atoms with Gasteiger partial charge in [0, 0.05) is 23.2 Å². The normalized spacial score (nSPS) is 20.0. The fourth-order valence-electron chi connectivity index (χ4n) is 2.87. The van der Waals surface area contributed by atoms with Crippen molar-refractivity contribution in [3.63, 3.8) is 0 Å². The van der Waals surface area contributed by atoms with Crippen molar-refractivity contribution in [1.82, 2.24) is 5.32 Å².